The molecule has 0 unspecified atom stereocenters. The summed E-state index contributed by atoms with van der Waals surface area (Å²) < 4.78 is 1.79. The van der Waals surface area contributed by atoms with Crippen molar-refractivity contribution in [3.05, 3.63) is 106 Å². The standard InChI is InChI=1S/C28H23N5O3S/c1-3-32-17-19(16-29-32)27-15-25(24-6-4-5-7-26(24)31-27)28(34)30-20-12-21(33(35)36)14-23(13-20)37-22-10-8-18(2)9-11-22/h4-17H,3H2,1-2H3,(H,30,34). The van der Waals surface area contributed by atoms with Crippen LogP contribution >= 0.6 is 11.8 Å². The molecule has 37 heavy (non-hydrogen) atoms. The molecular formula is C28H23N5O3S. The molecule has 5 aromatic rings. The lowest BCUT2D eigenvalue weighted by molar-refractivity contribution is -0.385. The first kappa shape index (κ1) is 24.2. The number of aryl methyl sites for hydroxylation is 2. The number of nitrogens with zero attached hydrogens (tertiary/aromatic N) is 4. The fourth-order valence-electron chi connectivity index (χ4n) is 3.94. The minimum absolute atomic E-state index is 0.0975. The fourth-order valence-corrected chi connectivity index (χ4v) is 4.85. The van der Waals surface area contributed by atoms with E-state index in [1.807, 2.05) is 68.6 Å². The Kier molecular flexibility index (Phi) is 6.70. The van der Waals surface area contributed by atoms with Crippen molar-refractivity contribution in [2.45, 2.75) is 30.2 Å². The maximum Gasteiger partial charge on any atom is 0.272 e. The summed E-state index contributed by atoms with van der Waals surface area (Å²) in [5.41, 5.74) is 3.89. The molecule has 0 atom stereocenters. The van der Waals surface area contributed by atoms with E-state index in [-0.39, 0.29) is 11.6 Å². The van der Waals surface area contributed by atoms with E-state index in [9.17, 15) is 14.9 Å². The van der Waals surface area contributed by atoms with Gasteiger partial charge in [0, 0.05) is 51.3 Å². The first-order valence-electron chi connectivity index (χ1n) is 11.7. The molecule has 0 radical (unpaired) electrons. The lowest BCUT2D eigenvalue weighted by Gasteiger charge is -2.11. The van der Waals surface area contributed by atoms with Gasteiger partial charge in [-0.25, -0.2) is 4.98 Å². The van der Waals surface area contributed by atoms with Crippen LogP contribution in [0.15, 0.2) is 95.0 Å². The van der Waals surface area contributed by atoms with E-state index in [1.165, 1.54) is 23.9 Å². The number of nitro groups is 1. The summed E-state index contributed by atoms with van der Waals surface area (Å²) >= 11 is 1.40. The summed E-state index contributed by atoms with van der Waals surface area (Å²) in [6, 6.07) is 21.6. The summed E-state index contributed by atoms with van der Waals surface area (Å²) in [7, 11) is 0. The molecule has 0 aliphatic carbocycles. The summed E-state index contributed by atoms with van der Waals surface area (Å²) in [5.74, 6) is -0.380. The van der Waals surface area contributed by atoms with Crippen molar-refractivity contribution in [2.75, 3.05) is 5.32 Å². The highest BCUT2D eigenvalue weighted by molar-refractivity contribution is 7.99. The monoisotopic (exact) mass is 509 g/mol. The molecule has 184 valence electrons. The fraction of sp³-hybridized carbons (Fsp3) is 0.107. The van der Waals surface area contributed by atoms with Crippen LogP contribution in [-0.4, -0.2) is 25.6 Å². The van der Waals surface area contributed by atoms with E-state index in [0.717, 1.165) is 22.6 Å². The number of pyridine rings is 1. The number of amides is 1. The lowest BCUT2D eigenvalue weighted by atomic mass is 10.0. The molecule has 0 saturated carbocycles. The Bertz CT molecular complexity index is 1630. The highest BCUT2D eigenvalue weighted by atomic mass is 32.2. The highest BCUT2D eigenvalue weighted by Gasteiger charge is 2.17. The average Bonchev–Trinajstić information content (AvgIpc) is 3.39. The molecule has 1 amide bonds. The van der Waals surface area contributed by atoms with Crippen molar-refractivity contribution in [1.82, 2.24) is 14.8 Å². The average molecular weight is 510 g/mol. The molecule has 0 aliphatic rings. The molecule has 0 bridgehead atoms. The van der Waals surface area contributed by atoms with Crippen LogP contribution in [0.2, 0.25) is 0 Å². The third-order valence-electron chi connectivity index (χ3n) is 5.83. The van der Waals surface area contributed by atoms with Gasteiger partial charge in [-0.2, -0.15) is 5.10 Å². The van der Waals surface area contributed by atoms with Crippen LogP contribution in [0.25, 0.3) is 22.2 Å². The van der Waals surface area contributed by atoms with Crippen LogP contribution < -0.4 is 5.32 Å². The maximum absolute atomic E-state index is 13.5. The smallest absolute Gasteiger partial charge is 0.272 e. The Morgan fingerprint density at radius 3 is 2.57 bits per heavy atom. The zero-order valence-corrected chi connectivity index (χ0v) is 21.0. The largest absolute Gasteiger partial charge is 0.322 e. The van der Waals surface area contributed by atoms with Gasteiger partial charge in [0.2, 0.25) is 0 Å². The molecule has 0 spiro atoms. The van der Waals surface area contributed by atoms with Gasteiger partial charge in [-0.1, -0.05) is 47.7 Å². The number of benzene rings is 3. The first-order chi connectivity index (χ1) is 17.9. The van der Waals surface area contributed by atoms with Gasteiger partial charge >= 0.3 is 0 Å². The number of anilines is 1. The highest BCUT2D eigenvalue weighted by Crippen LogP contribution is 2.34. The Morgan fingerprint density at radius 2 is 1.84 bits per heavy atom. The van der Waals surface area contributed by atoms with E-state index in [4.69, 9.17) is 4.98 Å². The number of carbonyl (C=O) groups excluding carboxylic acids is 1. The van der Waals surface area contributed by atoms with Crippen molar-refractivity contribution < 1.29 is 9.72 Å². The van der Waals surface area contributed by atoms with Gasteiger partial charge in [0.05, 0.1) is 27.9 Å². The number of fused-ring (bicyclic) bond motifs is 1. The van der Waals surface area contributed by atoms with E-state index >= 15 is 0 Å². The van der Waals surface area contributed by atoms with Gasteiger partial charge in [-0.3, -0.25) is 19.6 Å². The molecule has 8 nitrogen and oxygen atoms in total. The van der Waals surface area contributed by atoms with Crippen LogP contribution in [0.1, 0.15) is 22.8 Å². The lowest BCUT2D eigenvalue weighted by Crippen LogP contribution is -2.13. The number of carbonyl (C=O) groups is 1. The van der Waals surface area contributed by atoms with Gasteiger partial charge in [0.1, 0.15) is 0 Å². The van der Waals surface area contributed by atoms with Crippen LogP contribution in [0.4, 0.5) is 11.4 Å². The SMILES string of the molecule is CCn1cc(-c2cc(C(=O)Nc3cc(Sc4ccc(C)cc4)cc([N+](=O)[O-])c3)c3ccccc3n2)cn1. The molecule has 0 saturated heterocycles. The summed E-state index contributed by atoms with van der Waals surface area (Å²) in [4.78, 5) is 31.0. The Morgan fingerprint density at radius 1 is 1.05 bits per heavy atom. The molecule has 0 fully saturated rings. The molecule has 1 N–H and O–H groups in total. The zero-order chi connectivity index (χ0) is 25.9. The topological polar surface area (TPSA) is 103 Å². The molecule has 2 aromatic heterocycles. The number of rotatable bonds is 7. The van der Waals surface area contributed by atoms with Crippen LogP contribution in [0, 0.1) is 17.0 Å². The predicted octanol–water partition coefficient (Wildman–Crippen LogP) is 6.74. The third kappa shape index (κ3) is 5.36. The summed E-state index contributed by atoms with van der Waals surface area (Å²) in [5, 5.41) is 19.5. The first-order valence-corrected chi connectivity index (χ1v) is 12.5. The van der Waals surface area contributed by atoms with E-state index in [2.05, 4.69) is 10.4 Å². The predicted molar refractivity (Wildman–Crippen MR) is 145 cm³/mol. The van der Waals surface area contributed by atoms with Gasteiger partial charge in [-0.15, -0.1) is 0 Å². The van der Waals surface area contributed by atoms with Crippen molar-refractivity contribution in [3.8, 4) is 11.3 Å². The van der Waals surface area contributed by atoms with Gasteiger partial charge in [0.25, 0.3) is 11.6 Å². The number of nitrogens with one attached hydrogen (secondary N) is 1. The molecule has 0 aliphatic heterocycles. The Labute approximate surface area is 217 Å². The van der Waals surface area contributed by atoms with Crippen LogP contribution in [-0.2, 0) is 6.54 Å². The van der Waals surface area contributed by atoms with Crippen LogP contribution in [0.3, 0.4) is 0 Å². The minimum Gasteiger partial charge on any atom is -0.322 e. The third-order valence-corrected chi connectivity index (χ3v) is 6.81. The second-order valence-electron chi connectivity index (χ2n) is 8.50. The molecular weight excluding hydrogens is 486 g/mol. The number of para-hydroxylation sites is 1. The normalized spacial score (nSPS) is 11.0. The van der Waals surface area contributed by atoms with Gasteiger partial charge in [-0.05, 0) is 44.2 Å². The Balaban J connectivity index is 1.51. The summed E-state index contributed by atoms with van der Waals surface area (Å²) in [6.07, 6.45) is 3.60. The quantitative estimate of drug-likeness (QED) is 0.193. The molecule has 9 heteroatoms. The van der Waals surface area contributed by atoms with E-state index in [1.54, 1.807) is 23.0 Å². The number of non-ortho nitro benzene ring substituents is 1. The molecule has 2 heterocycles. The van der Waals surface area contributed by atoms with Crippen LogP contribution in [0.5, 0.6) is 0 Å². The second kappa shape index (κ2) is 10.2. The van der Waals surface area contributed by atoms with Crippen molar-refractivity contribution in [2.24, 2.45) is 0 Å². The van der Waals surface area contributed by atoms with Crippen molar-refractivity contribution >= 4 is 39.9 Å². The minimum atomic E-state index is -0.458. The molecule has 3 aromatic carbocycles. The van der Waals surface area contributed by atoms with Crippen molar-refractivity contribution in [1.29, 1.82) is 0 Å². The molecule has 5 rings (SSSR count). The van der Waals surface area contributed by atoms with Gasteiger partial charge in [0.15, 0.2) is 0 Å². The second-order valence-corrected chi connectivity index (χ2v) is 9.65. The van der Waals surface area contributed by atoms with E-state index < -0.39 is 4.92 Å². The summed E-state index contributed by atoms with van der Waals surface area (Å²) in [6.45, 7) is 4.71. The number of nitro benzene ring substituents is 1. The van der Waals surface area contributed by atoms with Gasteiger partial charge < -0.3 is 5.32 Å². The Hall–Kier alpha value is -4.50. The number of hydrogen-bond acceptors (Lipinski definition) is 6. The maximum atomic E-state index is 13.5. The number of hydrogen-bond donors (Lipinski definition) is 1. The van der Waals surface area contributed by atoms with E-state index in [0.29, 0.717) is 32.7 Å². The number of aromatic nitrogens is 3. The zero-order valence-electron chi connectivity index (χ0n) is 20.2. The van der Waals surface area contributed by atoms with Crippen molar-refractivity contribution in [3.63, 3.8) is 0 Å².